The minimum atomic E-state index is -1.43. The third-order valence-corrected chi connectivity index (χ3v) is 6.21. The van der Waals surface area contributed by atoms with Crippen molar-refractivity contribution in [3.63, 3.8) is 0 Å². The van der Waals surface area contributed by atoms with Crippen molar-refractivity contribution >= 4 is 51.3 Å². The zero-order chi connectivity index (χ0) is 27.2. The number of nitrogens with one attached hydrogen (secondary N) is 2. The van der Waals surface area contributed by atoms with E-state index < -0.39 is 29.5 Å². The van der Waals surface area contributed by atoms with Crippen LogP contribution in [0.4, 0.5) is 5.82 Å². The maximum Gasteiger partial charge on any atom is 0.355 e. The third-order valence-electron chi connectivity index (χ3n) is 5.38. The van der Waals surface area contributed by atoms with Gasteiger partial charge in [0.1, 0.15) is 11.5 Å². The van der Waals surface area contributed by atoms with Crippen LogP contribution < -0.4 is 10.6 Å². The molecule has 0 aliphatic carbocycles. The number of aromatic nitrogens is 3. The van der Waals surface area contributed by atoms with Gasteiger partial charge in [-0.3, -0.25) is 4.79 Å². The van der Waals surface area contributed by atoms with Crippen molar-refractivity contribution in [1.29, 1.82) is 0 Å². The Labute approximate surface area is 219 Å². The van der Waals surface area contributed by atoms with Gasteiger partial charge >= 0.3 is 17.9 Å². The lowest BCUT2D eigenvalue weighted by Gasteiger charge is -2.13. The van der Waals surface area contributed by atoms with Gasteiger partial charge in [0.25, 0.3) is 5.91 Å². The van der Waals surface area contributed by atoms with E-state index in [9.17, 15) is 24.3 Å². The summed E-state index contributed by atoms with van der Waals surface area (Å²) in [7, 11) is 2.30. The number of carboxylic acid groups (broad SMARTS) is 1. The zero-order valence-electron chi connectivity index (χ0n) is 20.2. The van der Waals surface area contributed by atoms with Gasteiger partial charge in [-0.25, -0.2) is 24.4 Å². The van der Waals surface area contributed by atoms with Crippen LogP contribution in [0, 0.1) is 0 Å². The van der Waals surface area contributed by atoms with Crippen molar-refractivity contribution in [2.45, 2.75) is 0 Å². The Balaban J connectivity index is 1.59. The molecule has 0 saturated carbocycles. The SMILES string of the molecule is COC(=O)c1cnc(C(=O)O)c(-c2nc(C(=O)NCCNc3nsc4ccccc34)ccc2C(=O)OC)c1. The summed E-state index contributed by atoms with van der Waals surface area (Å²) in [5.41, 5.74) is -1.10. The second-order valence-corrected chi connectivity index (χ2v) is 8.52. The van der Waals surface area contributed by atoms with Crippen LogP contribution in [0.25, 0.3) is 21.3 Å². The second-order valence-electron chi connectivity index (χ2n) is 7.71. The summed E-state index contributed by atoms with van der Waals surface area (Å²) < 4.78 is 14.9. The Hall–Kier alpha value is -4.91. The number of aromatic carboxylic acids is 1. The molecule has 12 nitrogen and oxygen atoms in total. The van der Waals surface area contributed by atoms with Crippen molar-refractivity contribution < 1.29 is 33.8 Å². The average molecular weight is 536 g/mol. The molecule has 0 saturated heterocycles. The molecule has 0 aliphatic rings. The van der Waals surface area contributed by atoms with E-state index in [0.717, 1.165) is 30.5 Å². The Kier molecular flexibility index (Phi) is 7.87. The van der Waals surface area contributed by atoms with Gasteiger partial charge in [-0.15, -0.1) is 0 Å². The predicted molar refractivity (Wildman–Crippen MR) is 138 cm³/mol. The number of hydrogen-bond acceptors (Lipinski definition) is 11. The molecule has 0 spiro atoms. The zero-order valence-corrected chi connectivity index (χ0v) is 21.0. The van der Waals surface area contributed by atoms with Crippen LogP contribution in [0.3, 0.4) is 0 Å². The van der Waals surface area contributed by atoms with Crippen LogP contribution in [-0.4, -0.2) is 70.6 Å². The molecule has 1 amide bonds. The lowest BCUT2D eigenvalue weighted by Crippen LogP contribution is -2.29. The highest BCUT2D eigenvalue weighted by molar-refractivity contribution is 7.13. The minimum Gasteiger partial charge on any atom is -0.476 e. The molecule has 0 radical (unpaired) electrons. The number of rotatable bonds is 9. The molecule has 3 heterocycles. The Bertz CT molecular complexity index is 1550. The predicted octanol–water partition coefficient (Wildman–Crippen LogP) is 2.87. The molecule has 194 valence electrons. The van der Waals surface area contributed by atoms with Crippen LogP contribution in [0.2, 0.25) is 0 Å². The standard InChI is InChI=1S/C25H21N5O7S/c1-36-24(34)13-11-16(20(23(32)33)28-12-13)19-15(25(35)37-2)7-8-17(29-19)22(31)27-10-9-26-21-14-5-3-4-6-18(14)38-30-21/h3-8,11-12H,9-10H2,1-2H3,(H,26,30)(H,27,31)(H,32,33). The second kappa shape index (κ2) is 11.4. The summed E-state index contributed by atoms with van der Waals surface area (Å²) in [5.74, 6) is -2.88. The molecule has 0 atom stereocenters. The fourth-order valence-corrected chi connectivity index (χ4v) is 4.33. The minimum absolute atomic E-state index is 0.0689. The number of ether oxygens (including phenoxy) is 2. The van der Waals surface area contributed by atoms with Crippen LogP contribution in [0.15, 0.2) is 48.7 Å². The van der Waals surface area contributed by atoms with E-state index >= 15 is 0 Å². The maximum atomic E-state index is 12.9. The number of esters is 2. The molecular weight excluding hydrogens is 514 g/mol. The molecule has 3 N–H and O–H groups in total. The first-order valence-electron chi connectivity index (χ1n) is 11.1. The van der Waals surface area contributed by atoms with Gasteiger partial charge in [0.2, 0.25) is 0 Å². The summed E-state index contributed by atoms with van der Waals surface area (Å²) >= 11 is 1.36. The van der Waals surface area contributed by atoms with Crippen LogP contribution in [-0.2, 0) is 9.47 Å². The number of carboxylic acids is 1. The van der Waals surface area contributed by atoms with E-state index in [1.807, 2.05) is 24.3 Å². The molecule has 3 aromatic heterocycles. The molecule has 4 aromatic rings. The first-order chi connectivity index (χ1) is 18.3. The van der Waals surface area contributed by atoms with Gasteiger partial charge in [0.15, 0.2) is 5.69 Å². The Morgan fingerprint density at radius 2 is 1.76 bits per heavy atom. The molecule has 0 unspecified atom stereocenters. The Morgan fingerprint density at radius 1 is 1.00 bits per heavy atom. The summed E-state index contributed by atoms with van der Waals surface area (Å²) in [6, 6.07) is 11.5. The highest BCUT2D eigenvalue weighted by Gasteiger charge is 2.25. The molecule has 4 rings (SSSR count). The van der Waals surface area contributed by atoms with Crippen molar-refractivity contribution in [3.05, 3.63) is 71.2 Å². The highest BCUT2D eigenvalue weighted by atomic mass is 32.1. The smallest absolute Gasteiger partial charge is 0.355 e. The molecule has 13 heteroatoms. The number of carbonyl (C=O) groups is 4. The fourth-order valence-electron chi connectivity index (χ4n) is 3.57. The number of pyridine rings is 2. The van der Waals surface area contributed by atoms with E-state index in [0.29, 0.717) is 12.4 Å². The number of methoxy groups -OCH3 is 2. The molecule has 0 fully saturated rings. The summed E-state index contributed by atoms with van der Waals surface area (Å²) in [4.78, 5) is 57.3. The van der Waals surface area contributed by atoms with E-state index in [2.05, 4.69) is 29.7 Å². The van der Waals surface area contributed by atoms with E-state index in [1.165, 1.54) is 29.7 Å². The topological polar surface area (TPSA) is 170 Å². The first-order valence-corrected chi connectivity index (χ1v) is 11.9. The summed E-state index contributed by atoms with van der Waals surface area (Å²) in [6.45, 7) is 0.598. The monoisotopic (exact) mass is 535 g/mol. The lowest BCUT2D eigenvalue weighted by molar-refractivity contribution is 0.0592. The normalized spacial score (nSPS) is 10.6. The van der Waals surface area contributed by atoms with Crippen molar-refractivity contribution in [2.75, 3.05) is 32.6 Å². The molecule has 0 bridgehead atoms. The van der Waals surface area contributed by atoms with Gasteiger partial charge in [0.05, 0.1) is 35.7 Å². The molecular formula is C25H21N5O7S. The fraction of sp³-hybridized carbons (Fsp3) is 0.160. The van der Waals surface area contributed by atoms with Crippen LogP contribution in [0.1, 0.15) is 41.7 Å². The van der Waals surface area contributed by atoms with Crippen molar-refractivity contribution in [2.24, 2.45) is 0 Å². The quantitative estimate of drug-likeness (QED) is 0.213. The average Bonchev–Trinajstić information content (AvgIpc) is 3.36. The van der Waals surface area contributed by atoms with Crippen molar-refractivity contribution in [1.82, 2.24) is 19.7 Å². The maximum absolute atomic E-state index is 12.9. The number of benzene rings is 1. The van der Waals surface area contributed by atoms with Crippen molar-refractivity contribution in [3.8, 4) is 11.3 Å². The number of nitrogens with zero attached hydrogens (tertiary/aromatic N) is 3. The molecule has 38 heavy (non-hydrogen) atoms. The van der Waals surface area contributed by atoms with Gasteiger partial charge in [-0.1, -0.05) is 12.1 Å². The molecule has 1 aromatic carbocycles. The van der Waals surface area contributed by atoms with Gasteiger partial charge in [0, 0.05) is 30.2 Å². The lowest BCUT2D eigenvalue weighted by atomic mass is 10.0. The van der Waals surface area contributed by atoms with Crippen LogP contribution >= 0.6 is 11.5 Å². The summed E-state index contributed by atoms with van der Waals surface area (Å²) in [5, 5.41) is 16.5. The third kappa shape index (κ3) is 5.42. The van der Waals surface area contributed by atoms with E-state index in [1.54, 1.807) is 0 Å². The highest BCUT2D eigenvalue weighted by Crippen LogP contribution is 2.28. The number of anilines is 1. The number of carbonyl (C=O) groups excluding carboxylic acids is 3. The number of fused-ring (bicyclic) bond motifs is 1. The number of hydrogen-bond donors (Lipinski definition) is 3. The van der Waals surface area contributed by atoms with Gasteiger partial charge in [-0.2, -0.15) is 4.37 Å². The van der Waals surface area contributed by atoms with E-state index in [-0.39, 0.29) is 34.6 Å². The summed E-state index contributed by atoms with van der Waals surface area (Å²) in [6.07, 6.45) is 1.03. The Morgan fingerprint density at radius 3 is 2.50 bits per heavy atom. The molecule has 0 aliphatic heterocycles. The van der Waals surface area contributed by atoms with E-state index in [4.69, 9.17) is 4.74 Å². The largest absolute Gasteiger partial charge is 0.476 e. The first kappa shape index (κ1) is 26.2. The van der Waals surface area contributed by atoms with Crippen LogP contribution in [0.5, 0.6) is 0 Å². The van der Waals surface area contributed by atoms with Gasteiger partial charge < -0.3 is 25.2 Å². The van der Waals surface area contributed by atoms with Gasteiger partial charge in [-0.05, 0) is 41.9 Å². The number of amides is 1.